The van der Waals surface area contributed by atoms with Gasteiger partial charge in [0.1, 0.15) is 5.69 Å². The molecule has 4 rings (SSSR count). The SMILES string of the molecule is C[C@@H]1[C@@H]2[C@@H](O)[C@@H]([C@H](C)C(=O)NCc3ccccc3)CC[C@]2(C)CC[C@@H]1NC(=O)c1ccccn1. The topological polar surface area (TPSA) is 91.3 Å². The van der Waals surface area contributed by atoms with Crippen LogP contribution in [0.5, 0.6) is 0 Å². The van der Waals surface area contributed by atoms with Gasteiger partial charge in [-0.3, -0.25) is 14.6 Å². The van der Waals surface area contributed by atoms with Gasteiger partial charge in [0, 0.05) is 24.7 Å². The number of nitrogens with one attached hydrogen (secondary N) is 2. The predicted octanol–water partition coefficient (Wildman–Crippen LogP) is 3.96. The van der Waals surface area contributed by atoms with Crippen LogP contribution in [0.2, 0.25) is 0 Å². The first-order valence-electron chi connectivity index (χ1n) is 12.5. The third kappa shape index (κ3) is 5.02. The third-order valence-electron chi connectivity index (χ3n) is 8.47. The zero-order chi connectivity index (χ0) is 24.3. The molecular formula is C28H37N3O3. The lowest BCUT2D eigenvalue weighted by Gasteiger charge is -2.56. The van der Waals surface area contributed by atoms with Crippen molar-refractivity contribution in [2.24, 2.45) is 29.1 Å². The van der Waals surface area contributed by atoms with Gasteiger partial charge in [0.2, 0.25) is 5.91 Å². The summed E-state index contributed by atoms with van der Waals surface area (Å²) in [7, 11) is 0. The van der Waals surface area contributed by atoms with Crippen LogP contribution in [0.1, 0.15) is 62.5 Å². The van der Waals surface area contributed by atoms with Crippen molar-refractivity contribution in [1.29, 1.82) is 0 Å². The molecule has 2 saturated carbocycles. The molecule has 0 unspecified atom stereocenters. The van der Waals surface area contributed by atoms with E-state index in [1.165, 1.54) is 0 Å². The third-order valence-corrected chi connectivity index (χ3v) is 8.47. The molecule has 182 valence electrons. The van der Waals surface area contributed by atoms with Gasteiger partial charge in [-0.15, -0.1) is 0 Å². The van der Waals surface area contributed by atoms with Crippen molar-refractivity contribution in [3.63, 3.8) is 0 Å². The van der Waals surface area contributed by atoms with Crippen molar-refractivity contribution >= 4 is 11.8 Å². The van der Waals surface area contributed by atoms with E-state index in [0.717, 1.165) is 31.2 Å². The average Bonchev–Trinajstić information content (AvgIpc) is 2.85. The second kappa shape index (κ2) is 10.3. The van der Waals surface area contributed by atoms with Gasteiger partial charge in [-0.25, -0.2) is 0 Å². The fourth-order valence-corrected chi connectivity index (χ4v) is 6.38. The Morgan fingerprint density at radius 1 is 1.12 bits per heavy atom. The van der Waals surface area contributed by atoms with Crippen molar-refractivity contribution in [3.05, 3.63) is 66.0 Å². The van der Waals surface area contributed by atoms with Gasteiger partial charge in [-0.2, -0.15) is 0 Å². The van der Waals surface area contributed by atoms with E-state index in [4.69, 9.17) is 0 Å². The number of carbonyl (C=O) groups excluding carboxylic acids is 2. The molecule has 6 heteroatoms. The van der Waals surface area contributed by atoms with Crippen LogP contribution in [0.15, 0.2) is 54.7 Å². The Hall–Kier alpha value is -2.73. The lowest BCUT2D eigenvalue weighted by molar-refractivity contribution is -0.142. The normalized spacial score (nSPS) is 31.7. The highest BCUT2D eigenvalue weighted by atomic mass is 16.3. The fourth-order valence-electron chi connectivity index (χ4n) is 6.38. The van der Waals surface area contributed by atoms with Crippen molar-refractivity contribution in [2.75, 3.05) is 0 Å². The number of nitrogens with zero attached hydrogens (tertiary/aromatic N) is 1. The predicted molar refractivity (Wildman–Crippen MR) is 132 cm³/mol. The quantitative estimate of drug-likeness (QED) is 0.605. The number of fused-ring (bicyclic) bond motifs is 1. The summed E-state index contributed by atoms with van der Waals surface area (Å²) in [6.07, 6.45) is 4.70. The van der Waals surface area contributed by atoms with Gasteiger partial charge in [-0.05, 0) is 66.5 Å². The Bertz CT molecular complexity index is 983. The number of carbonyl (C=O) groups is 2. The molecule has 3 N–H and O–H groups in total. The smallest absolute Gasteiger partial charge is 0.270 e. The molecule has 0 spiro atoms. The van der Waals surface area contributed by atoms with E-state index >= 15 is 0 Å². The van der Waals surface area contributed by atoms with Crippen LogP contribution in [0.25, 0.3) is 0 Å². The second-order valence-corrected chi connectivity index (χ2v) is 10.6. The molecule has 0 saturated heterocycles. The first-order valence-corrected chi connectivity index (χ1v) is 12.5. The highest BCUT2D eigenvalue weighted by Gasteiger charge is 2.53. The molecule has 2 aliphatic carbocycles. The molecule has 0 radical (unpaired) electrons. The van der Waals surface area contributed by atoms with Crippen LogP contribution in [0.3, 0.4) is 0 Å². The largest absolute Gasteiger partial charge is 0.392 e. The molecule has 2 aromatic rings. The molecule has 2 aliphatic rings. The Balaban J connectivity index is 1.42. The minimum Gasteiger partial charge on any atom is -0.392 e. The lowest BCUT2D eigenvalue weighted by atomic mass is 9.51. The minimum atomic E-state index is -0.583. The highest BCUT2D eigenvalue weighted by Crippen LogP contribution is 2.55. The first-order chi connectivity index (χ1) is 16.3. The summed E-state index contributed by atoms with van der Waals surface area (Å²) in [6, 6.07) is 15.2. The van der Waals surface area contributed by atoms with Gasteiger partial charge in [0.15, 0.2) is 0 Å². The molecule has 34 heavy (non-hydrogen) atoms. The first kappa shape index (κ1) is 24.4. The maximum Gasteiger partial charge on any atom is 0.270 e. The highest BCUT2D eigenvalue weighted by molar-refractivity contribution is 5.92. The molecule has 0 aliphatic heterocycles. The molecule has 2 fully saturated rings. The summed E-state index contributed by atoms with van der Waals surface area (Å²) < 4.78 is 0. The standard InChI is InChI=1S/C28H37N3O3/c1-18(26(33)30-17-20-9-5-4-6-10-20)21-12-14-28(3)15-13-22(19(2)24(28)25(21)32)31-27(34)23-11-7-8-16-29-23/h4-11,16,18-19,21-22,24-25,32H,12-15,17H2,1-3H3,(H,30,33)(H,31,34)/t18-,19-,21+,22-,24+,25-,28+/m0/s1. The zero-order valence-corrected chi connectivity index (χ0v) is 20.4. The zero-order valence-electron chi connectivity index (χ0n) is 20.4. The van der Waals surface area contributed by atoms with E-state index in [9.17, 15) is 14.7 Å². The number of benzene rings is 1. The van der Waals surface area contributed by atoms with Crippen LogP contribution in [-0.4, -0.2) is 34.1 Å². The molecule has 1 heterocycles. The number of hydrogen-bond acceptors (Lipinski definition) is 4. The summed E-state index contributed by atoms with van der Waals surface area (Å²) >= 11 is 0. The molecule has 0 bridgehead atoms. The molecular weight excluding hydrogens is 426 g/mol. The van der Waals surface area contributed by atoms with E-state index in [2.05, 4.69) is 29.5 Å². The number of aromatic nitrogens is 1. The molecule has 1 aromatic heterocycles. The monoisotopic (exact) mass is 463 g/mol. The summed E-state index contributed by atoms with van der Waals surface area (Å²) in [4.78, 5) is 29.9. The van der Waals surface area contributed by atoms with Gasteiger partial charge >= 0.3 is 0 Å². The lowest BCUT2D eigenvalue weighted by Crippen LogP contribution is -2.58. The van der Waals surface area contributed by atoms with E-state index in [0.29, 0.717) is 12.2 Å². The molecule has 7 atom stereocenters. The number of hydrogen-bond donors (Lipinski definition) is 3. The van der Waals surface area contributed by atoms with E-state index < -0.39 is 6.10 Å². The fraction of sp³-hybridized carbons (Fsp3) is 0.536. The van der Waals surface area contributed by atoms with Gasteiger partial charge in [0.05, 0.1) is 6.10 Å². The van der Waals surface area contributed by atoms with Crippen molar-refractivity contribution in [3.8, 4) is 0 Å². The van der Waals surface area contributed by atoms with Crippen molar-refractivity contribution < 1.29 is 14.7 Å². The van der Waals surface area contributed by atoms with E-state index in [1.54, 1.807) is 18.3 Å². The number of rotatable bonds is 6. The van der Waals surface area contributed by atoms with Crippen LogP contribution in [0, 0.1) is 29.1 Å². The number of aliphatic hydroxyl groups is 1. The van der Waals surface area contributed by atoms with Gasteiger partial charge in [-0.1, -0.05) is 57.2 Å². The van der Waals surface area contributed by atoms with Crippen molar-refractivity contribution in [1.82, 2.24) is 15.6 Å². The van der Waals surface area contributed by atoms with Crippen LogP contribution < -0.4 is 10.6 Å². The van der Waals surface area contributed by atoms with Crippen LogP contribution >= 0.6 is 0 Å². The summed E-state index contributed by atoms with van der Waals surface area (Å²) in [5.74, 6) is -0.431. The van der Waals surface area contributed by atoms with E-state index in [-0.39, 0.29) is 46.9 Å². The second-order valence-electron chi connectivity index (χ2n) is 10.6. The van der Waals surface area contributed by atoms with Crippen molar-refractivity contribution in [2.45, 2.75) is 65.1 Å². The number of pyridine rings is 1. The Morgan fingerprint density at radius 3 is 2.53 bits per heavy atom. The maximum atomic E-state index is 13.0. The molecule has 1 aromatic carbocycles. The Kier molecular flexibility index (Phi) is 7.36. The van der Waals surface area contributed by atoms with Gasteiger partial charge in [0.25, 0.3) is 5.91 Å². The molecule has 2 amide bonds. The molecule has 6 nitrogen and oxygen atoms in total. The van der Waals surface area contributed by atoms with Crippen LogP contribution in [0.4, 0.5) is 0 Å². The Labute approximate surface area is 202 Å². The maximum absolute atomic E-state index is 13.0. The number of aliphatic hydroxyl groups excluding tert-OH is 1. The summed E-state index contributed by atoms with van der Waals surface area (Å²) in [6.45, 7) is 6.83. The summed E-state index contributed by atoms with van der Waals surface area (Å²) in [5, 5.41) is 17.8. The van der Waals surface area contributed by atoms with E-state index in [1.807, 2.05) is 43.3 Å². The summed E-state index contributed by atoms with van der Waals surface area (Å²) in [5.41, 5.74) is 1.49. The Morgan fingerprint density at radius 2 is 1.82 bits per heavy atom. The van der Waals surface area contributed by atoms with Crippen LogP contribution in [-0.2, 0) is 11.3 Å². The minimum absolute atomic E-state index is 0.0139. The number of amides is 2. The van der Waals surface area contributed by atoms with Gasteiger partial charge < -0.3 is 15.7 Å². The average molecular weight is 464 g/mol.